The van der Waals surface area contributed by atoms with Crippen LogP contribution in [0.15, 0.2) is 12.3 Å². The van der Waals surface area contributed by atoms with Crippen molar-refractivity contribution in [1.29, 1.82) is 0 Å². The smallest absolute Gasteiger partial charge is 0.213 e. The van der Waals surface area contributed by atoms with Gasteiger partial charge >= 0.3 is 0 Å². The van der Waals surface area contributed by atoms with Crippen LogP contribution in [0.1, 0.15) is 29.9 Å². The van der Waals surface area contributed by atoms with Crippen molar-refractivity contribution in [3.63, 3.8) is 0 Å². The van der Waals surface area contributed by atoms with E-state index in [1.165, 1.54) is 18.4 Å². The Balaban J connectivity index is 2.35. The predicted molar refractivity (Wildman–Crippen MR) is 50.7 cm³/mol. The first-order chi connectivity index (χ1) is 6.35. The lowest BCUT2D eigenvalue weighted by Gasteiger charge is -2.07. The van der Waals surface area contributed by atoms with Gasteiger partial charge in [-0.25, -0.2) is 4.98 Å². The third-order valence-corrected chi connectivity index (χ3v) is 2.44. The summed E-state index contributed by atoms with van der Waals surface area (Å²) >= 11 is 0. The number of aromatic nitrogens is 1. The zero-order valence-electron chi connectivity index (χ0n) is 7.79. The minimum Gasteiger partial charge on any atom is -0.481 e. The number of hydrogen-bond acceptors (Lipinski definition) is 3. The van der Waals surface area contributed by atoms with Gasteiger partial charge in [-0.15, -0.1) is 0 Å². The lowest BCUT2D eigenvalue weighted by Crippen LogP contribution is -2.02. The summed E-state index contributed by atoms with van der Waals surface area (Å²) in [6, 6.07) is 2.01. The highest BCUT2D eigenvalue weighted by atomic mass is 16.5. The van der Waals surface area contributed by atoms with Crippen molar-refractivity contribution in [2.45, 2.75) is 25.3 Å². The van der Waals surface area contributed by atoms with Crippen molar-refractivity contribution in [3.05, 3.63) is 23.4 Å². The fraction of sp³-hybridized carbons (Fsp3) is 0.500. The first kappa shape index (κ1) is 8.51. The molecule has 0 radical (unpaired) electrons. The van der Waals surface area contributed by atoms with Gasteiger partial charge in [0.25, 0.3) is 0 Å². The van der Waals surface area contributed by atoms with Crippen molar-refractivity contribution in [2.75, 3.05) is 7.11 Å². The Morgan fingerprint density at radius 1 is 1.62 bits per heavy atom. The molecule has 13 heavy (non-hydrogen) atoms. The van der Waals surface area contributed by atoms with E-state index in [1.54, 1.807) is 7.11 Å². The van der Waals surface area contributed by atoms with Crippen LogP contribution in [0, 0.1) is 0 Å². The maximum absolute atomic E-state index is 5.63. The molecule has 3 heteroatoms. The molecule has 0 saturated heterocycles. The van der Waals surface area contributed by atoms with Gasteiger partial charge in [-0.2, -0.15) is 0 Å². The molecular weight excluding hydrogens is 164 g/mol. The fourth-order valence-corrected chi connectivity index (χ4v) is 1.54. The van der Waals surface area contributed by atoms with Crippen molar-refractivity contribution in [1.82, 2.24) is 4.98 Å². The molecular formula is C10H14N2O. The molecule has 0 unspecified atom stereocenters. The lowest BCUT2D eigenvalue weighted by atomic mass is 10.1. The van der Waals surface area contributed by atoms with Gasteiger partial charge in [0.15, 0.2) is 0 Å². The first-order valence-electron chi connectivity index (χ1n) is 4.58. The Labute approximate surface area is 77.9 Å². The van der Waals surface area contributed by atoms with Crippen LogP contribution in [0.3, 0.4) is 0 Å². The standard InChI is InChI=1S/C10H14N2O/c1-13-10-4-9(7-2-3-7)8(5-11)6-12-10/h4,6-7H,2-3,5,11H2,1H3. The van der Waals surface area contributed by atoms with Gasteiger partial charge in [-0.1, -0.05) is 0 Å². The molecule has 1 aliphatic carbocycles. The molecule has 1 heterocycles. The molecule has 0 bridgehead atoms. The van der Waals surface area contributed by atoms with Crippen LogP contribution in [-0.2, 0) is 6.54 Å². The summed E-state index contributed by atoms with van der Waals surface area (Å²) in [6.07, 6.45) is 4.38. The van der Waals surface area contributed by atoms with E-state index in [9.17, 15) is 0 Å². The highest BCUT2D eigenvalue weighted by molar-refractivity contribution is 5.34. The van der Waals surface area contributed by atoms with E-state index >= 15 is 0 Å². The van der Waals surface area contributed by atoms with Crippen LogP contribution >= 0.6 is 0 Å². The van der Waals surface area contributed by atoms with Crippen LogP contribution in [0.5, 0.6) is 5.88 Å². The van der Waals surface area contributed by atoms with Gasteiger partial charge in [-0.3, -0.25) is 0 Å². The minimum absolute atomic E-state index is 0.572. The van der Waals surface area contributed by atoms with Gasteiger partial charge in [0.05, 0.1) is 7.11 Å². The number of hydrogen-bond donors (Lipinski definition) is 1. The molecule has 3 nitrogen and oxygen atoms in total. The number of rotatable bonds is 3. The molecule has 0 aromatic carbocycles. The number of nitrogens with zero attached hydrogens (tertiary/aromatic N) is 1. The van der Waals surface area contributed by atoms with E-state index in [0.29, 0.717) is 18.3 Å². The van der Waals surface area contributed by atoms with Crippen molar-refractivity contribution in [3.8, 4) is 5.88 Å². The summed E-state index contributed by atoms with van der Waals surface area (Å²) in [5.41, 5.74) is 8.11. The lowest BCUT2D eigenvalue weighted by molar-refractivity contribution is 0.397. The van der Waals surface area contributed by atoms with E-state index in [1.807, 2.05) is 12.3 Å². The first-order valence-corrected chi connectivity index (χ1v) is 4.58. The van der Waals surface area contributed by atoms with Crippen molar-refractivity contribution < 1.29 is 4.74 Å². The van der Waals surface area contributed by atoms with Crippen molar-refractivity contribution >= 4 is 0 Å². The molecule has 0 amide bonds. The summed E-state index contributed by atoms with van der Waals surface area (Å²) < 4.78 is 5.08. The fourth-order valence-electron chi connectivity index (χ4n) is 1.54. The third kappa shape index (κ3) is 1.65. The summed E-state index contributed by atoms with van der Waals surface area (Å²) in [6.45, 7) is 0.572. The highest BCUT2D eigenvalue weighted by Gasteiger charge is 2.26. The molecule has 0 spiro atoms. The van der Waals surface area contributed by atoms with Crippen LogP contribution in [0.25, 0.3) is 0 Å². The summed E-state index contributed by atoms with van der Waals surface area (Å²) in [5, 5.41) is 0. The maximum atomic E-state index is 5.63. The quantitative estimate of drug-likeness (QED) is 0.761. The van der Waals surface area contributed by atoms with E-state index in [4.69, 9.17) is 10.5 Å². The molecule has 1 saturated carbocycles. The minimum atomic E-state index is 0.572. The zero-order valence-corrected chi connectivity index (χ0v) is 7.79. The van der Waals surface area contributed by atoms with E-state index in [2.05, 4.69) is 4.98 Å². The predicted octanol–water partition coefficient (Wildman–Crippen LogP) is 1.43. The Hall–Kier alpha value is -1.09. The monoisotopic (exact) mass is 178 g/mol. The third-order valence-electron chi connectivity index (χ3n) is 2.44. The summed E-state index contributed by atoms with van der Waals surface area (Å²) in [4.78, 5) is 4.14. The average molecular weight is 178 g/mol. The Morgan fingerprint density at radius 2 is 2.38 bits per heavy atom. The van der Waals surface area contributed by atoms with Gasteiger partial charge < -0.3 is 10.5 Å². The summed E-state index contributed by atoms with van der Waals surface area (Å²) in [7, 11) is 1.64. The summed E-state index contributed by atoms with van der Waals surface area (Å²) in [5.74, 6) is 1.40. The number of ether oxygens (including phenoxy) is 1. The van der Waals surface area contributed by atoms with Crippen LogP contribution in [0.2, 0.25) is 0 Å². The topological polar surface area (TPSA) is 48.1 Å². The van der Waals surface area contributed by atoms with Gasteiger partial charge in [0, 0.05) is 18.8 Å². The molecule has 2 rings (SSSR count). The number of nitrogens with two attached hydrogens (primary N) is 1. The van der Waals surface area contributed by atoms with Gasteiger partial charge in [-0.05, 0) is 29.9 Å². The van der Waals surface area contributed by atoms with E-state index in [-0.39, 0.29) is 0 Å². The van der Waals surface area contributed by atoms with Gasteiger partial charge in [0.1, 0.15) is 0 Å². The Kier molecular flexibility index (Phi) is 2.19. The largest absolute Gasteiger partial charge is 0.481 e. The maximum Gasteiger partial charge on any atom is 0.213 e. The van der Waals surface area contributed by atoms with Crippen LogP contribution in [0.4, 0.5) is 0 Å². The van der Waals surface area contributed by atoms with Gasteiger partial charge in [0.2, 0.25) is 5.88 Å². The second-order valence-electron chi connectivity index (χ2n) is 3.40. The van der Waals surface area contributed by atoms with Crippen LogP contribution in [-0.4, -0.2) is 12.1 Å². The number of methoxy groups -OCH3 is 1. The Morgan fingerprint density at radius 3 is 2.92 bits per heavy atom. The molecule has 70 valence electrons. The number of pyridine rings is 1. The average Bonchev–Trinajstić information content (AvgIpc) is 3.00. The molecule has 1 fully saturated rings. The van der Waals surface area contributed by atoms with E-state index in [0.717, 1.165) is 5.56 Å². The molecule has 0 atom stereocenters. The highest BCUT2D eigenvalue weighted by Crippen LogP contribution is 2.42. The van der Waals surface area contributed by atoms with Crippen molar-refractivity contribution in [2.24, 2.45) is 5.73 Å². The molecule has 1 aliphatic rings. The molecule has 1 aromatic rings. The van der Waals surface area contributed by atoms with Crippen LogP contribution < -0.4 is 10.5 Å². The molecule has 2 N–H and O–H groups in total. The second kappa shape index (κ2) is 3.34. The molecule has 0 aliphatic heterocycles. The second-order valence-corrected chi connectivity index (χ2v) is 3.40. The zero-order chi connectivity index (χ0) is 9.26. The SMILES string of the molecule is COc1cc(C2CC2)c(CN)cn1. The Bertz CT molecular complexity index is 308. The van der Waals surface area contributed by atoms with E-state index < -0.39 is 0 Å². The molecule has 1 aromatic heterocycles. The normalized spacial score (nSPS) is 15.8.